The van der Waals surface area contributed by atoms with Crippen molar-refractivity contribution in [3.8, 4) is 0 Å². The highest BCUT2D eigenvalue weighted by Crippen LogP contribution is 2.49. The highest BCUT2D eigenvalue weighted by molar-refractivity contribution is 5.49. The van der Waals surface area contributed by atoms with Crippen LogP contribution in [0.4, 0.5) is 5.69 Å². The number of hydrogen-bond acceptors (Lipinski definition) is 2. The minimum atomic E-state index is 0.603. The summed E-state index contributed by atoms with van der Waals surface area (Å²) in [6.45, 7) is 4.48. The Kier molecular flexibility index (Phi) is 2.81. The van der Waals surface area contributed by atoms with Crippen LogP contribution in [0.3, 0.4) is 0 Å². The van der Waals surface area contributed by atoms with Crippen LogP contribution in [0.15, 0.2) is 18.5 Å². The van der Waals surface area contributed by atoms with E-state index >= 15 is 0 Å². The van der Waals surface area contributed by atoms with E-state index in [1.807, 2.05) is 12.4 Å². The summed E-state index contributed by atoms with van der Waals surface area (Å²) in [4.78, 5) is 4.15. The first kappa shape index (κ1) is 11.1. The summed E-state index contributed by atoms with van der Waals surface area (Å²) in [5, 5.41) is 3.70. The predicted molar refractivity (Wildman–Crippen MR) is 71.0 cm³/mol. The van der Waals surface area contributed by atoms with Crippen molar-refractivity contribution in [1.82, 2.24) is 4.98 Å². The summed E-state index contributed by atoms with van der Waals surface area (Å²) < 4.78 is 0. The number of fused-ring (bicyclic) bond motifs is 2. The van der Waals surface area contributed by atoms with Crippen LogP contribution in [0, 0.1) is 24.7 Å². The lowest BCUT2D eigenvalue weighted by Gasteiger charge is -2.29. The molecule has 0 amide bonds. The maximum absolute atomic E-state index is 4.15. The fraction of sp³-hybridized carbons (Fsp3) is 0.667. The number of anilines is 1. The van der Waals surface area contributed by atoms with Crippen LogP contribution >= 0.6 is 0 Å². The molecule has 4 unspecified atom stereocenters. The van der Waals surface area contributed by atoms with E-state index in [0.29, 0.717) is 6.04 Å². The third-order valence-electron chi connectivity index (χ3n) is 4.84. The zero-order chi connectivity index (χ0) is 11.8. The summed E-state index contributed by atoms with van der Waals surface area (Å²) in [5.41, 5.74) is 2.51. The lowest BCUT2D eigenvalue weighted by Crippen LogP contribution is -2.30. The topological polar surface area (TPSA) is 24.9 Å². The fourth-order valence-corrected chi connectivity index (χ4v) is 3.89. The first-order chi connectivity index (χ1) is 8.24. The van der Waals surface area contributed by atoms with Crippen molar-refractivity contribution in [2.24, 2.45) is 17.8 Å². The van der Waals surface area contributed by atoms with Gasteiger partial charge in [-0.3, -0.25) is 4.98 Å². The van der Waals surface area contributed by atoms with E-state index in [1.165, 1.54) is 36.9 Å². The molecule has 2 aliphatic rings. The summed E-state index contributed by atoms with van der Waals surface area (Å²) in [6, 6.07) is 2.70. The van der Waals surface area contributed by atoms with Crippen molar-refractivity contribution in [1.29, 1.82) is 0 Å². The lowest BCUT2D eigenvalue weighted by atomic mass is 9.84. The van der Waals surface area contributed by atoms with Crippen LogP contribution in [0.5, 0.6) is 0 Å². The van der Waals surface area contributed by atoms with Gasteiger partial charge in [-0.1, -0.05) is 6.42 Å². The lowest BCUT2D eigenvalue weighted by molar-refractivity contribution is 0.304. The van der Waals surface area contributed by atoms with Crippen LogP contribution in [0.2, 0.25) is 0 Å². The first-order valence-electron chi connectivity index (χ1n) is 6.91. The molecule has 1 aromatic heterocycles. The molecule has 2 heteroatoms. The van der Waals surface area contributed by atoms with Crippen molar-refractivity contribution < 1.29 is 0 Å². The second kappa shape index (κ2) is 4.32. The largest absolute Gasteiger partial charge is 0.382 e. The molecule has 2 saturated carbocycles. The molecule has 0 aromatic carbocycles. The second-order valence-electron chi connectivity index (χ2n) is 5.96. The van der Waals surface area contributed by atoms with E-state index in [0.717, 1.165) is 17.8 Å². The van der Waals surface area contributed by atoms with Gasteiger partial charge in [0.1, 0.15) is 0 Å². The van der Waals surface area contributed by atoms with Gasteiger partial charge < -0.3 is 5.32 Å². The first-order valence-corrected chi connectivity index (χ1v) is 6.91. The summed E-state index contributed by atoms with van der Waals surface area (Å²) in [5.74, 6) is 2.92. The third-order valence-corrected chi connectivity index (χ3v) is 4.84. The SMILES string of the molecule is Cc1cnccc1NC(C)C1CC2CCC1C2. The number of pyridine rings is 1. The minimum Gasteiger partial charge on any atom is -0.382 e. The van der Waals surface area contributed by atoms with Gasteiger partial charge in [0, 0.05) is 24.1 Å². The van der Waals surface area contributed by atoms with Gasteiger partial charge >= 0.3 is 0 Å². The molecule has 2 fully saturated rings. The smallest absolute Gasteiger partial charge is 0.0402 e. The summed E-state index contributed by atoms with van der Waals surface area (Å²) >= 11 is 0. The number of aromatic nitrogens is 1. The highest BCUT2D eigenvalue weighted by Gasteiger charge is 2.41. The molecular weight excluding hydrogens is 208 g/mol. The Hall–Kier alpha value is -1.05. The van der Waals surface area contributed by atoms with Crippen molar-refractivity contribution in [3.05, 3.63) is 24.0 Å². The number of rotatable bonds is 3. The van der Waals surface area contributed by atoms with Gasteiger partial charge in [0.2, 0.25) is 0 Å². The zero-order valence-electron chi connectivity index (χ0n) is 10.8. The van der Waals surface area contributed by atoms with Crippen LogP contribution < -0.4 is 5.32 Å². The molecule has 2 bridgehead atoms. The molecular formula is C15H22N2. The average molecular weight is 230 g/mol. The van der Waals surface area contributed by atoms with E-state index in [9.17, 15) is 0 Å². The highest BCUT2D eigenvalue weighted by atomic mass is 14.9. The molecule has 2 aliphatic carbocycles. The Morgan fingerprint density at radius 2 is 2.24 bits per heavy atom. The Bertz CT molecular complexity index is 402. The maximum atomic E-state index is 4.15. The molecule has 0 radical (unpaired) electrons. The molecule has 0 saturated heterocycles. The fourth-order valence-electron chi connectivity index (χ4n) is 3.89. The molecule has 4 atom stereocenters. The van der Waals surface area contributed by atoms with Crippen LogP contribution in [-0.4, -0.2) is 11.0 Å². The quantitative estimate of drug-likeness (QED) is 0.857. The molecule has 0 aliphatic heterocycles. The normalized spacial score (nSPS) is 32.7. The van der Waals surface area contributed by atoms with E-state index in [-0.39, 0.29) is 0 Å². The summed E-state index contributed by atoms with van der Waals surface area (Å²) in [6.07, 6.45) is 9.71. The third kappa shape index (κ3) is 2.05. The number of hydrogen-bond donors (Lipinski definition) is 1. The number of nitrogens with one attached hydrogen (secondary N) is 1. The van der Waals surface area contributed by atoms with Gasteiger partial charge in [0.05, 0.1) is 0 Å². The number of aryl methyl sites for hydroxylation is 1. The molecule has 1 heterocycles. The zero-order valence-corrected chi connectivity index (χ0v) is 10.8. The van der Waals surface area contributed by atoms with Gasteiger partial charge in [-0.15, -0.1) is 0 Å². The van der Waals surface area contributed by atoms with Crippen LogP contribution in [-0.2, 0) is 0 Å². The van der Waals surface area contributed by atoms with Gasteiger partial charge in [0.15, 0.2) is 0 Å². The van der Waals surface area contributed by atoms with Crippen molar-refractivity contribution >= 4 is 5.69 Å². The molecule has 1 aromatic rings. The van der Waals surface area contributed by atoms with E-state index < -0.39 is 0 Å². The second-order valence-corrected chi connectivity index (χ2v) is 5.96. The van der Waals surface area contributed by atoms with Crippen molar-refractivity contribution in [2.75, 3.05) is 5.32 Å². The molecule has 1 N–H and O–H groups in total. The van der Waals surface area contributed by atoms with Gasteiger partial charge in [-0.05, 0) is 62.5 Å². The summed E-state index contributed by atoms with van der Waals surface area (Å²) in [7, 11) is 0. The van der Waals surface area contributed by atoms with Crippen LogP contribution in [0.1, 0.15) is 38.2 Å². The van der Waals surface area contributed by atoms with Crippen LogP contribution in [0.25, 0.3) is 0 Å². The average Bonchev–Trinajstić information content (AvgIpc) is 2.94. The van der Waals surface area contributed by atoms with E-state index in [1.54, 1.807) is 0 Å². The van der Waals surface area contributed by atoms with Gasteiger partial charge in [0.25, 0.3) is 0 Å². The van der Waals surface area contributed by atoms with E-state index in [2.05, 4.69) is 30.2 Å². The predicted octanol–water partition coefficient (Wildman–Crippen LogP) is 3.63. The molecule has 17 heavy (non-hydrogen) atoms. The standard InChI is InChI=1S/C15H22N2/c1-10-9-16-6-5-15(10)17-11(2)14-8-12-3-4-13(14)7-12/h5-6,9,11-14H,3-4,7-8H2,1-2H3,(H,16,17). The van der Waals surface area contributed by atoms with Gasteiger partial charge in [-0.2, -0.15) is 0 Å². The van der Waals surface area contributed by atoms with Crippen molar-refractivity contribution in [3.63, 3.8) is 0 Å². The molecule has 0 spiro atoms. The number of nitrogens with zero attached hydrogens (tertiary/aromatic N) is 1. The Labute approximate surface area is 104 Å². The van der Waals surface area contributed by atoms with Gasteiger partial charge in [-0.25, -0.2) is 0 Å². The Morgan fingerprint density at radius 3 is 2.88 bits per heavy atom. The van der Waals surface area contributed by atoms with Crippen molar-refractivity contribution in [2.45, 2.75) is 45.6 Å². The van der Waals surface area contributed by atoms with E-state index in [4.69, 9.17) is 0 Å². The Morgan fingerprint density at radius 1 is 1.35 bits per heavy atom. The maximum Gasteiger partial charge on any atom is 0.0402 e. The minimum absolute atomic E-state index is 0.603. The molecule has 3 rings (SSSR count). The Balaban J connectivity index is 1.68. The monoisotopic (exact) mass is 230 g/mol. The molecule has 92 valence electrons. The molecule has 2 nitrogen and oxygen atoms in total.